The number of carbonyl (C=O) groups is 2. The number of nitrogens with zero attached hydrogens (tertiary/aromatic N) is 1. The maximum absolute atomic E-state index is 12.3. The van der Waals surface area contributed by atoms with E-state index in [1.807, 2.05) is 0 Å². The van der Waals surface area contributed by atoms with Gasteiger partial charge in [0.25, 0.3) is 0 Å². The summed E-state index contributed by atoms with van der Waals surface area (Å²) in [7, 11) is -2.06. The number of piperidine rings is 1. The monoisotopic (exact) mass is 397 g/mol. The molecule has 1 aliphatic rings. The number of carbonyl (C=O) groups excluding carboxylic acids is 2. The number of hydrogen-bond donors (Lipinski definition) is 2. The van der Waals surface area contributed by atoms with Gasteiger partial charge >= 0.3 is 0 Å². The zero-order valence-corrected chi connectivity index (χ0v) is 16.5. The first kappa shape index (κ1) is 21.3. The Morgan fingerprint density at radius 1 is 1.19 bits per heavy atom. The van der Waals surface area contributed by atoms with Crippen molar-refractivity contribution in [3.63, 3.8) is 0 Å². The SMILES string of the molecule is COCCNS(=O)(=O)c1ccc(CNC(=O)C2CCN(C(C)=O)CC2)cc1. The van der Waals surface area contributed by atoms with Crippen LogP contribution in [0.4, 0.5) is 0 Å². The van der Waals surface area contributed by atoms with E-state index in [2.05, 4.69) is 10.0 Å². The van der Waals surface area contributed by atoms with Crippen LogP contribution in [0.5, 0.6) is 0 Å². The molecule has 1 aliphatic heterocycles. The van der Waals surface area contributed by atoms with Crippen molar-refractivity contribution in [1.82, 2.24) is 14.9 Å². The van der Waals surface area contributed by atoms with Crippen molar-refractivity contribution >= 4 is 21.8 Å². The lowest BCUT2D eigenvalue weighted by Crippen LogP contribution is -2.42. The molecule has 1 aromatic rings. The first-order valence-electron chi connectivity index (χ1n) is 8.94. The maximum Gasteiger partial charge on any atom is 0.240 e. The highest BCUT2D eigenvalue weighted by Crippen LogP contribution is 2.18. The molecular weight excluding hydrogens is 370 g/mol. The van der Waals surface area contributed by atoms with Gasteiger partial charge in [-0.3, -0.25) is 9.59 Å². The minimum Gasteiger partial charge on any atom is -0.383 e. The average Bonchev–Trinajstić information content (AvgIpc) is 2.66. The van der Waals surface area contributed by atoms with Crippen molar-refractivity contribution < 1.29 is 22.7 Å². The summed E-state index contributed by atoms with van der Waals surface area (Å²) in [5, 5.41) is 2.89. The summed E-state index contributed by atoms with van der Waals surface area (Å²) in [5.74, 6) is -0.0815. The number of methoxy groups -OCH3 is 1. The highest BCUT2D eigenvalue weighted by atomic mass is 32.2. The standard InChI is InChI=1S/C18H27N3O5S/c1-14(22)21-10-7-16(8-11-21)18(23)19-13-15-3-5-17(6-4-15)27(24,25)20-9-12-26-2/h3-6,16,20H,7-13H2,1-2H3,(H,19,23). The molecular formula is C18H27N3O5S. The van der Waals surface area contributed by atoms with Crippen LogP contribution >= 0.6 is 0 Å². The summed E-state index contributed by atoms with van der Waals surface area (Å²) in [6.45, 7) is 3.60. The van der Waals surface area contributed by atoms with Gasteiger partial charge < -0.3 is 15.0 Å². The Morgan fingerprint density at radius 3 is 2.37 bits per heavy atom. The molecule has 1 fully saturated rings. The van der Waals surface area contributed by atoms with E-state index in [1.54, 1.807) is 17.0 Å². The van der Waals surface area contributed by atoms with Crippen LogP contribution in [0.25, 0.3) is 0 Å². The Hall–Kier alpha value is -1.97. The number of likely N-dealkylation sites (tertiary alicyclic amines) is 1. The van der Waals surface area contributed by atoms with Gasteiger partial charge in [0, 0.05) is 46.1 Å². The molecule has 0 aliphatic carbocycles. The lowest BCUT2D eigenvalue weighted by atomic mass is 9.96. The molecule has 8 nitrogen and oxygen atoms in total. The van der Waals surface area contributed by atoms with Crippen molar-refractivity contribution in [3.8, 4) is 0 Å². The highest BCUT2D eigenvalue weighted by Gasteiger charge is 2.25. The molecule has 150 valence electrons. The average molecular weight is 397 g/mol. The van der Waals surface area contributed by atoms with E-state index >= 15 is 0 Å². The summed E-state index contributed by atoms with van der Waals surface area (Å²) >= 11 is 0. The van der Waals surface area contributed by atoms with Crippen LogP contribution in [0.2, 0.25) is 0 Å². The number of amides is 2. The predicted octanol–water partition coefficient (Wildman–Crippen LogP) is 0.486. The highest BCUT2D eigenvalue weighted by molar-refractivity contribution is 7.89. The number of benzene rings is 1. The van der Waals surface area contributed by atoms with Gasteiger partial charge in [-0.15, -0.1) is 0 Å². The number of sulfonamides is 1. The van der Waals surface area contributed by atoms with Crippen LogP contribution in [0.1, 0.15) is 25.3 Å². The molecule has 2 N–H and O–H groups in total. The molecule has 0 radical (unpaired) electrons. The fraction of sp³-hybridized carbons (Fsp3) is 0.556. The Labute approximate surface area is 160 Å². The lowest BCUT2D eigenvalue weighted by Gasteiger charge is -2.30. The van der Waals surface area contributed by atoms with E-state index in [9.17, 15) is 18.0 Å². The van der Waals surface area contributed by atoms with E-state index in [1.165, 1.54) is 26.2 Å². The molecule has 0 atom stereocenters. The van der Waals surface area contributed by atoms with Crippen LogP contribution in [0.15, 0.2) is 29.2 Å². The number of ether oxygens (including phenoxy) is 1. The largest absolute Gasteiger partial charge is 0.383 e. The lowest BCUT2D eigenvalue weighted by molar-refractivity contribution is -0.134. The Balaban J connectivity index is 1.83. The quantitative estimate of drug-likeness (QED) is 0.621. The molecule has 0 saturated carbocycles. The number of rotatable bonds is 8. The van der Waals surface area contributed by atoms with Gasteiger partial charge in [-0.25, -0.2) is 13.1 Å². The van der Waals surface area contributed by atoms with Crippen molar-refractivity contribution in [3.05, 3.63) is 29.8 Å². The molecule has 0 spiro atoms. The maximum atomic E-state index is 12.3. The minimum atomic E-state index is -3.56. The first-order valence-corrected chi connectivity index (χ1v) is 10.4. The van der Waals surface area contributed by atoms with Crippen LogP contribution in [-0.4, -0.2) is 58.5 Å². The van der Waals surface area contributed by atoms with Gasteiger partial charge in [-0.1, -0.05) is 12.1 Å². The second-order valence-electron chi connectivity index (χ2n) is 6.53. The Bertz CT molecular complexity index is 741. The molecule has 2 rings (SSSR count). The van der Waals surface area contributed by atoms with Crippen LogP contribution < -0.4 is 10.0 Å². The normalized spacial score (nSPS) is 15.6. The summed E-state index contributed by atoms with van der Waals surface area (Å²) in [4.78, 5) is 25.5. The topological polar surface area (TPSA) is 105 Å². The van der Waals surface area contributed by atoms with Gasteiger partial charge in [0.2, 0.25) is 21.8 Å². The van der Waals surface area contributed by atoms with Gasteiger partial charge in [0.15, 0.2) is 0 Å². The molecule has 1 heterocycles. The molecule has 1 saturated heterocycles. The van der Waals surface area contributed by atoms with E-state index in [-0.39, 0.29) is 29.2 Å². The molecule has 9 heteroatoms. The molecule has 0 bridgehead atoms. The minimum absolute atomic E-state index is 0.0314. The molecule has 1 aromatic carbocycles. The third-order valence-corrected chi connectivity index (χ3v) is 6.09. The third kappa shape index (κ3) is 6.30. The second kappa shape index (κ2) is 9.82. The van der Waals surface area contributed by atoms with E-state index in [0.29, 0.717) is 39.1 Å². The van der Waals surface area contributed by atoms with Crippen molar-refractivity contribution in [2.75, 3.05) is 33.4 Å². The Morgan fingerprint density at radius 2 is 1.81 bits per heavy atom. The summed E-state index contributed by atoms with van der Waals surface area (Å²) in [6, 6.07) is 6.40. The van der Waals surface area contributed by atoms with Crippen LogP contribution in [0, 0.1) is 5.92 Å². The summed E-state index contributed by atoms with van der Waals surface area (Å²) in [6.07, 6.45) is 1.32. The van der Waals surface area contributed by atoms with Crippen LogP contribution in [-0.2, 0) is 30.9 Å². The zero-order valence-electron chi connectivity index (χ0n) is 15.7. The van der Waals surface area contributed by atoms with Gasteiger partial charge in [-0.2, -0.15) is 0 Å². The van der Waals surface area contributed by atoms with Gasteiger partial charge in [0.05, 0.1) is 11.5 Å². The van der Waals surface area contributed by atoms with Crippen LogP contribution in [0.3, 0.4) is 0 Å². The zero-order chi connectivity index (χ0) is 19.9. The first-order chi connectivity index (χ1) is 12.8. The van der Waals surface area contributed by atoms with Gasteiger partial charge in [-0.05, 0) is 30.5 Å². The number of hydrogen-bond acceptors (Lipinski definition) is 5. The fourth-order valence-electron chi connectivity index (χ4n) is 2.94. The summed E-state index contributed by atoms with van der Waals surface area (Å²) < 4.78 is 31.5. The van der Waals surface area contributed by atoms with Crippen molar-refractivity contribution in [2.24, 2.45) is 5.92 Å². The fourth-order valence-corrected chi connectivity index (χ4v) is 3.95. The van der Waals surface area contributed by atoms with Gasteiger partial charge in [0.1, 0.15) is 0 Å². The molecule has 2 amide bonds. The third-order valence-electron chi connectivity index (χ3n) is 4.61. The molecule has 27 heavy (non-hydrogen) atoms. The predicted molar refractivity (Wildman–Crippen MR) is 100 cm³/mol. The second-order valence-corrected chi connectivity index (χ2v) is 8.30. The van der Waals surface area contributed by atoms with E-state index in [0.717, 1.165) is 5.56 Å². The Kier molecular flexibility index (Phi) is 7.76. The number of nitrogens with one attached hydrogen (secondary N) is 2. The smallest absolute Gasteiger partial charge is 0.240 e. The molecule has 0 aromatic heterocycles. The van der Waals surface area contributed by atoms with E-state index < -0.39 is 10.0 Å². The van der Waals surface area contributed by atoms with Crippen molar-refractivity contribution in [1.29, 1.82) is 0 Å². The summed E-state index contributed by atoms with van der Waals surface area (Å²) in [5.41, 5.74) is 0.820. The van der Waals surface area contributed by atoms with Crippen molar-refractivity contribution in [2.45, 2.75) is 31.2 Å². The van der Waals surface area contributed by atoms with E-state index in [4.69, 9.17) is 4.74 Å². The molecule has 0 unspecified atom stereocenters.